The van der Waals surface area contributed by atoms with Gasteiger partial charge in [-0.1, -0.05) is 12.1 Å². The molecule has 0 aliphatic carbocycles. The third-order valence-electron chi connectivity index (χ3n) is 2.89. The Labute approximate surface area is 120 Å². The molecule has 0 fully saturated rings. The molecule has 2 rings (SSSR count). The molecule has 0 heterocycles. The molecule has 0 aliphatic heterocycles. The molecule has 0 saturated carbocycles. The van der Waals surface area contributed by atoms with E-state index >= 15 is 0 Å². The van der Waals surface area contributed by atoms with Crippen molar-refractivity contribution in [3.8, 4) is 0 Å². The van der Waals surface area contributed by atoms with Gasteiger partial charge in [-0.25, -0.2) is 22.0 Å². The minimum absolute atomic E-state index is 0.884. The van der Waals surface area contributed by atoms with Crippen molar-refractivity contribution >= 4 is 19.0 Å². The number of aryl methyl sites for hydroxylation is 1. The second-order valence-corrected chi connectivity index (χ2v) is 4.27. The van der Waals surface area contributed by atoms with Crippen molar-refractivity contribution in [1.82, 2.24) is 0 Å². The summed E-state index contributed by atoms with van der Waals surface area (Å²) in [5, 5.41) is 0. The molecule has 0 aliphatic rings. The van der Waals surface area contributed by atoms with E-state index in [4.69, 9.17) is 5.73 Å². The van der Waals surface area contributed by atoms with E-state index in [0.29, 0.717) is 0 Å². The Hall–Kier alpha value is -2.05. The SMILES string of the molecule is Cc1cccc(N)c1C.[B]c1c(F)c(F)c(F)c(F)c1F. The maximum absolute atomic E-state index is 12.3. The molecule has 21 heavy (non-hydrogen) atoms. The number of halogens is 5. The monoisotopic (exact) mass is 299 g/mol. The Morgan fingerprint density at radius 2 is 1.24 bits per heavy atom. The van der Waals surface area contributed by atoms with Crippen molar-refractivity contribution in [3.05, 3.63) is 58.4 Å². The molecular formula is C14H11BF5N. The normalized spacial score (nSPS) is 10.0. The van der Waals surface area contributed by atoms with Crippen molar-refractivity contribution in [2.24, 2.45) is 0 Å². The Balaban J connectivity index is 0.000000219. The van der Waals surface area contributed by atoms with Gasteiger partial charge in [-0.05, 0) is 36.5 Å². The highest BCUT2D eigenvalue weighted by Crippen LogP contribution is 2.15. The van der Waals surface area contributed by atoms with E-state index in [9.17, 15) is 22.0 Å². The van der Waals surface area contributed by atoms with E-state index in [2.05, 4.69) is 20.8 Å². The third-order valence-corrected chi connectivity index (χ3v) is 2.89. The summed E-state index contributed by atoms with van der Waals surface area (Å²) in [4.78, 5) is 0. The number of hydrogen-bond acceptors (Lipinski definition) is 1. The summed E-state index contributed by atoms with van der Waals surface area (Å²) in [7, 11) is 4.56. The average Bonchev–Trinajstić information content (AvgIpc) is 2.47. The van der Waals surface area contributed by atoms with Gasteiger partial charge in [0, 0.05) is 5.69 Å². The van der Waals surface area contributed by atoms with E-state index in [1.165, 1.54) is 11.1 Å². The molecule has 0 bridgehead atoms. The summed E-state index contributed by atoms with van der Waals surface area (Å²) in [6.45, 7) is 4.09. The van der Waals surface area contributed by atoms with Crippen LogP contribution in [0.15, 0.2) is 18.2 Å². The fourth-order valence-corrected chi connectivity index (χ4v) is 1.40. The lowest BCUT2D eigenvalue weighted by Gasteiger charge is -2.02. The van der Waals surface area contributed by atoms with Crippen molar-refractivity contribution in [2.45, 2.75) is 13.8 Å². The molecule has 7 heteroatoms. The zero-order chi connectivity index (χ0) is 16.3. The quantitative estimate of drug-likeness (QED) is 0.261. The smallest absolute Gasteiger partial charge is 0.200 e. The van der Waals surface area contributed by atoms with Gasteiger partial charge in [0.15, 0.2) is 29.1 Å². The van der Waals surface area contributed by atoms with Crippen LogP contribution in [0.3, 0.4) is 0 Å². The Kier molecular flexibility index (Phi) is 5.35. The fraction of sp³-hybridized carbons (Fsp3) is 0.143. The van der Waals surface area contributed by atoms with E-state index in [1.807, 2.05) is 19.1 Å². The summed E-state index contributed by atoms with van der Waals surface area (Å²) in [5.74, 6) is -10.3. The predicted octanol–water partition coefficient (Wildman–Crippen LogP) is 3.06. The number of nitrogen functional groups attached to an aromatic ring is 1. The number of nitrogens with two attached hydrogens (primary N) is 1. The van der Waals surface area contributed by atoms with Crippen LogP contribution in [0.5, 0.6) is 0 Å². The highest BCUT2D eigenvalue weighted by atomic mass is 19.2. The van der Waals surface area contributed by atoms with Gasteiger partial charge in [0.1, 0.15) is 7.85 Å². The summed E-state index contributed by atoms with van der Waals surface area (Å²) < 4.78 is 61.1. The molecular weight excluding hydrogens is 288 g/mol. The Morgan fingerprint density at radius 1 is 0.810 bits per heavy atom. The van der Waals surface area contributed by atoms with Crippen LogP contribution in [0.4, 0.5) is 27.6 Å². The second-order valence-electron chi connectivity index (χ2n) is 4.27. The summed E-state index contributed by atoms with van der Waals surface area (Å²) in [5.41, 5.74) is 7.59. The molecule has 2 aromatic carbocycles. The summed E-state index contributed by atoms with van der Waals surface area (Å²) in [6.07, 6.45) is 0. The molecule has 0 spiro atoms. The molecule has 1 nitrogen and oxygen atoms in total. The lowest BCUT2D eigenvalue weighted by atomic mass is 9.94. The predicted molar refractivity (Wildman–Crippen MR) is 71.9 cm³/mol. The van der Waals surface area contributed by atoms with Gasteiger partial charge in [0.25, 0.3) is 0 Å². The van der Waals surface area contributed by atoms with Crippen LogP contribution in [0.25, 0.3) is 0 Å². The largest absolute Gasteiger partial charge is 0.399 e. The standard InChI is InChI=1S/C8H11N.C6BF5/c1-6-4-3-5-8(9)7(6)2;7-1-2(8)4(10)6(12)5(11)3(1)9/h3-5H,9H2,1-2H3;. The first-order valence-electron chi connectivity index (χ1n) is 5.77. The molecule has 110 valence electrons. The highest BCUT2D eigenvalue weighted by molar-refractivity contribution is 6.32. The fourth-order valence-electron chi connectivity index (χ4n) is 1.40. The van der Waals surface area contributed by atoms with Gasteiger partial charge in [-0.3, -0.25) is 0 Å². The molecule has 0 unspecified atom stereocenters. The van der Waals surface area contributed by atoms with Crippen LogP contribution in [0.2, 0.25) is 0 Å². The molecule has 0 atom stereocenters. The summed E-state index contributed by atoms with van der Waals surface area (Å²) in [6, 6.07) is 5.95. The van der Waals surface area contributed by atoms with E-state index < -0.39 is 34.5 Å². The van der Waals surface area contributed by atoms with Crippen LogP contribution < -0.4 is 11.2 Å². The van der Waals surface area contributed by atoms with Gasteiger partial charge in [-0.15, -0.1) is 0 Å². The topological polar surface area (TPSA) is 26.0 Å². The Morgan fingerprint density at radius 3 is 1.62 bits per heavy atom. The highest BCUT2D eigenvalue weighted by Gasteiger charge is 2.22. The molecule has 0 amide bonds. The van der Waals surface area contributed by atoms with Gasteiger partial charge < -0.3 is 5.73 Å². The van der Waals surface area contributed by atoms with Crippen molar-refractivity contribution < 1.29 is 22.0 Å². The first-order chi connectivity index (χ1) is 9.68. The lowest BCUT2D eigenvalue weighted by molar-refractivity contribution is 0.384. The zero-order valence-corrected chi connectivity index (χ0v) is 11.3. The minimum Gasteiger partial charge on any atom is -0.399 e. The van der Waals surface area contributed by atoms with Crippen LogP contribution in [-0.2, 0) is 0 Å². The van der Waals surface area contributed by atoms with Crippen LogP contribution in [0.1, 0.15) is 11.1 Å². The average molecular weight is 299 g/mol. The van der Waals surface area contributed by atoms with Crippen molar-refractivity contribution in [3.63, 3.8) is 0 Å². The number of rotatable bonds is 0. The maximum atomic E-state index is 12.3. The second kappa shape index (κ2) is 6.60. The minimum atomic E-state index is -2.21. The van der Waals surface area contributed by atoms with E-state index in [0.717, 1.165) is 5.69 Å². The number of anilines is 1. The van der Waals surface area contributed by atoms with Gasteiger partial charge in [-0.2, -0.15) is 0 Å². The zero-order valence-electron chi connectivity index (χ0n) is 11.3. The van der Waals surface area contributed by atoms with Crippen LogP contribution in [0, 0.1) is 42.9 Å². The first-order valence-corrected chi connectivity index (χ1v) is 5.77. The van der Waals surface area contributed by atoms with E-state index in [1.54, 1.807) is 0 Å². The lowest BCUT2D eigenvalue weighted by Crippen LogP contribution is -2.20. The molecule has 0 aromatic heterocycles. The van der Waals surface area contributed by atoms with Crippen molar-refractivity contribution in [1.29, 1.82) is 0 Å². The van der Waals surface area contributed by atoms with Gasteiger partial charge >= 0.3 is 0 Å². The Bertz CT molecular complexity index is 548. The number of benzene rings is 2. The first kappa shape index (κ1) is 17.0. The molecule has 2 aromatic rings. The molecule has 0 saturated heterocycles. The molecule has 2 N–H and O–H groups in total. The summed E-state index contributed by atoms with van der Waals surface area (Å²) >= 11 is 0. The third kappa shape index (κ3) is 3.54. The van der Waals surface area contributed by atoms with Gasteiger partial charge in [0.05, 0.1) is 0 Å². The number of hydrogen-bond donors (Lipinski definition) is 1. The maximum Gasteiger partial charge on any atom is 0.200 e. The van der Waals surface area contributed by atoms with Crippen molar-refractivity contribution in [2.75, 3.05) is 5.73 Å². The molecule has 2 radical (unpaired) electrons. The van der Waals surface area contributed by atoms with Gasteiger partial charge in [0.2, 0.25) is 0 Å². The van der Waals surface area contributed by atoms with Crippen LogP contribution in [-0.4, -0.2) is 7.85 Å². The van der Waals surface area contributed by atoms with Crippen LogP contribution >= 0.6 is 0 Å². The van der Waals surface area contributed by atoms with E-state index in [-0.39, 0.29) is 0 Å².